The van der Waals surface area contributed by atoms with Gasteiger partial charge < -0.3 is 15.1 Å². The molecule has 1 fully saturated rings. The van der Waals surface area contributed by atoms with Crippen LogP contribution in [0.15, 0.2) is 42.5 Å². The van der Waals surface area contributed by atoms with Gasteiger partial charge in [-0.15, -0.1) is 0 Å². The van der Waals surface area contributed by atoms with Crippen LogP contribution < -0.4 is 5.32 Å². The average Bonchev–Trinajstić information content (AvgIpc) is 3.44. The van der Waals surface area contributed by atoms with Crippen LogP contribution in [-0.2, 0) is 0 Å². The van der Waals surface area contributed by atoms with Crippen molar-refractivity contribution in [1.29, 1.82) is 0 Å². The van der Waals surface area contributed by atoms with Gasteiger partial charge in [0.05, 0.1) is 11.1 Å². The number of aromatic amines is 1. The quantitative estimate of drug-likeness (QED) is 0.642. The van der Waals surface area contributed by atoms with Crippen molar-refractivity contribution in [3.8, 4) is 11.8 Å². The lowest BCUT2D eigenvalue weighted by Gasteiger charge is -2.20. The third kappa shape index (κ3) is 4.16. The summed E-state index contributed by atoms with van der Waals surface area (Å²) in [6.07, 6.45) is 0.980. The Bertz CT molecular complexity index is 1200. The normalized spacial score (nSPS) is 15.7. The van der Waals surface area contributed by atoms with Gasteiger partial charge in [-0.05, 0) is 56.8 Å². The highest BCUT2D eigenvalue weighted by Gasteiger charge is 2.28. The highest BCUT2D eigenvalue weighted by atomic mass is 16.2. The first-order valence-electron chi connectivity index (χ1n) is 10.2. The van der Waals surface area contributed by atoms with E-state index in [9.17, 15) is 9.59 Å². The molecular weight excluding hydrogens is 390 g/mol. The number of nitrogens with one attached hydrogen (secondary N) is 2. The fourth-order valence-corrected chi connectivity index (χ4v) is 3.82. The number of H-pyrrole nitrogens is 1. The molecule has 0 spiro atoms. The molecule has 158 valence electrons. The maximum Gasteiger partial charge on any atom is 0.253 e. The number of nitrogens with zero attached hydrogens (tertiary/aromatic N) is 3. The smallest absolute Gasteiger partial charge is 0.253 e. The molecule has 0 saturated carbocycles. The summed E-state index contributed by atoms with van der Waals surface area (Å²) >= 11 is 0. The number of likely N-dealkylation sites (N-methyl/N-ethyl adjacent to an activating group) is 1. The molecule has 1 unspecified atom stereocenters. The minimum absolute atomic E-state index is 0.0244. The monoisotopic (exact) mass is 415 g/mol. The van der Waals surface area contributed by atoms with Gasteiger partial charge in [0.1, 0.15) is 5.69 Å². The van der Waals surface area contributed by atoms with E-state index in [2.05, 4.69) is 32.3 Å². The van der Waals surface area contributed by atoms with E-state index >= 15 is 0 Å². The predicted octanol–water partition coefficient (Wildman–Crippen LogP) is 2.10. The minimum Gasteiger partial charge on any atom is -0.355 e. The van der Waals surface area contributed by atoms with Crippen LogP contribution in [0.2, 0.25) is 0 Å². The van der Waals surface area contributed by atoms with Gasteiger partial charge in [0.25, 0.3) is 11.8 Å². The van der Waals surface area contributed by atoms with E-state index in [1.165, 1.54) is 0 Å². The lowest BCUT2D eigenvalue weighted by Crippen LogP contribution is -2.34. The van der Waals surface area contributed by atoms with Crippen molar-refractivity contribution in [2.75, 3.05) is 34.2 Å². The van der Waals surface area contributed by atoms with Gasteiger partial charge in [0, 0.05) is 42.7 Å². The molecule has 4 rings (SSSR count). The van der Waals surface area contributed by atoms with Crippen molar-refractivity contribution >= 4 is 22.7 Å². The first-order valence-corrected chi connectivity index (χ1v) is 10.2. The molecule has 7 heteroatoms. The van der Waals surface area contributed by atoms with Gasteiger partial charge in [-0.1, -0.05) is 18.1 Å². The van der Waals surface area contributed by atoms with Gasteiger partial charge in [-0.2, -0.15) is 5.10 Å². The van der Waals surface area contributed by atoms with Crippen LogP contribution in [0.1, 0.15) is 38.4 Å². The molecule has 31 heavy (non-hydrogen) atoms. The third-order valence-electron chi connectivity index (χ3n) is 5.70. The number of hydrogen-bond donors (Lipinski definition) is 2. The van der Waals surface area contributed by atoms with Crippen LogP contribution in [0, 0.1) is 11.8 Å². The molecule has 7 nitrogen and oxygen atoms in total. The van der Waals surface area contributed by atoms with Crippen molar-refractivity contribution in [2.24, 2.45) is 0 Å². The molecule has 0 aliphatic carbocycles. The highest BCUT2D eigenvalue weighted by molar-refractivity contribution is 5.99. The molecule has 2 aromatic carbocycles. The number of carbonyl (C=O) groups is 2. The van der Waals surface area contributed by atoms with E-state index in [0.29, 0.717) is 28.4 Å². The van der Waals surface area contributed by atoms with Gasteiger partial charge in [0.15, 0.2) is 0 Å². The Kier molecular flexibility index (Phi) is 5.74. The van der Waals surface area contributed by atoms with Crippen LogP contribution >= 0.6 is 0 Å². The number of aromatic nitrogens is 2. The predicted molar refractivity (Wildman–Crippen MR) is 120 cm³/mol. The molecule has 1 aromatic heterocycles. The lowest BCUT2D eigenvalue weighted by atomic mass is 10.1. The van der Waals surface area contributed by atoms with Crippen molar-refractivity contribution in [2.45, 2.75) is 12.5 Å². The van der Waals surface area contributed by atoms with Gasteiger partial charge in [-0.3, -0.25) is 14.7 Å². The van der Waals surface area contributed by atoms with E-state index < -0.39 is 0 Å². The molecule has 2 N–H and O–H groups in total. The van der Waals surface area contributed by atoms with Crippen LogP contribution in [0.3, 0.4) is 0 Å². The minimum atomic E-state index is -0.186. The Morgan fingerprint density at radius 2 is 2.00 bits per heavy atom. The fourth-order valence-electron chi connectivity index (χ4n) is 3.82. The number of rotatable bonds is 3. The second-order valence-corrected chi connectivity index (χ2v) is 7.86. The van der Waals surface area contributed by atoms with Crippen molar-refractivity contribution in [3.63, 3.8) is 0 Å². The average molecular weight is 415 g/mol. The molecular formula is C24H25N5O2. The Labute approximate surface area is 181 Å². The summed E-state index contributed by atoms with van der Waals surface area (Å²) in [5.41, 5.74) is 3.13. The molecule has 1 aliphatic heterocycles. The van der Waals surface area contributed by atoms with E-state index in [1.54, 1.807) is 25.2 Å². The summed E-state index contributed by atoms with van der Waals surface area (Å²) in [6.45, 7) is 1.49. The Hall–Kier alpha value is -3.63. The number of carbonyl (C=O) groups excluding carboxylic acids is 2. The van der Waals surface area contributed by atoms with Gasteiger partial charge in [0.2, 0.25) is 0 Å². The standard InChI is InChI=1S/C24H25N5O2/c1-25-23(30)19-7-5-4-6-16(19)8-10-21-20-14-17(9-11-22(20)27-26-21)24(31)29-13-12-18(15-29)28(2)3/h4-7,9,11,14,18H,12-13,15H2,1-3H3,(H,25,30)(H,26,27). The zero-order chi connectivity index (χ0) is 22.0. The summed E-state index contributed by atoms with van der Waals surface area (Å²) in [5, 5.41) is 10.7. The molecule has 1 atom stereocenters. The second kappa shape index (κ2) is 8.62. The molecule has 2 heterocycles. The number of likely N-dealkylation sites (tertiary alicyclic amines) is 1. The number of hydrogen-bond acceptors (Lipinski definition) is 4. The van der Waals surface area contributed by atoms with Gasteiger partial charge >= 0.3 is 0 Å². The van der Waals surface area contributed by atoms with Crippen LogP contribution in [0.4, 0.5) is 0 Å². The summed E-state index contributed by atoms with van der Waals surface area (Å²) in [4.78, 5) is 29.2. The Morgan fingerprint density at radius 1 is 1.19 bits per heavy atom. The molecule has 0 radical (unpaired) electrons. The second-order valence-electron chi connectivity index (χ2n) is 7.86. The molecule has 1 saturated heterocycles. The topological polar surface area (TPSA) is 81.3 Å². The fraction of sp³-hybridized carbons (Fsp3) is 0.292. The van der Waals surface area contributed by atoms with E-state index in [1.807, 2.05) is 43.3 Å². The first kappa shape index (κ1) is 20.6. The van der Waals surface area contributed by atoms with Crippen molar-refractivity contribution in [3.05, 3.63) is 64.8 Å². The van der Waals surface area contributed by atoms with E-state index in [4.69, 9.17) is 0 Å². The number of benzene rings is 2. The summed E-state index contributed by atoms with van der Waals surface area (Å²) in [7, 11) is 5.68. The van der Waals surface area contributed by atoms with Crippen molar-refractivity contribution in [1.82, 2.24) is 25.3 Å². The molecule has 1 aliphatic rings. The highest BCUT2D eigenvalue weighted by Crippen LogP contribution is 2.21. The zero-order valence-electron chi connectivity index (χ0n) is 17.9. The molecule has 2 amide bonds. The van der Waals surface area contributed by atoms with E-state index in [0.717, 1.165) is 30.4 Å². The SMILES string of the molecule is CNC(=O)c1ccccc1C#Cc1[nH]nc2ccc(C(=O)N3CCC(N(C)C)C3)cc12. The number of fused-ring (bicyclic) bond motifs is 1. The van der Waals surface area contributed by atoms with E-state index in [-0.39, 0.29) is 11.8 Å². The summed E-state index contributed by atoms with van der Waals surface area (Å²) < 4.78 is 0. The largest absolute Gasteiger partial charge is 0.355 e. The number of amides is 2. The van der Waals surface area contributed by atoms with Gasteiger partial charge in [-0.25, -0.2) is 0 Å². The first-order chi connectivity index (χ1) is 15.0. The van der Waals surface area contributed by atoms with Crippen LogP contribution in [0.5, 0.6) is 0 Å². The summed E-state index contributed by atoms with van der Waals surface area (Å²) in [5.74, 6) is 5.98. The maximum absolute atomic E-state index is 13.0. The lowest BCUT2D eigenvalue weighted by molar-refractivity contribution is 0.0783. The van der Waals surface area contributed by atoms with Crippen LogP contribution in [0.25, 0.3) is 10.9 Å². The van der Waals surface area contributed by atoms with Crippen LogP contribution in [-0.4, -0.2) is 72.1 Å². The third-order valence-corrected chi connectivity index (χ3v) is 5.70. The van der Waals surface area contributed by atoms with Crippen molar-refractivity contribution < 1.29 is 9.59 Å². The Balaban J connectivity index is 1.63. The molecule has 3 aromatic rings. The zero-order valence-corrected chi connectivity index (χ0v) is 17.9. The summed E-state index contributed by atoms with van der Waals surface area (Å²) in [6, 6.07) is 13.1. The maximum atomic E-state index is 13.0. The Morgan fingerprint density at radius 3 is 2.74 bits per heavy atom. The molecule has 0 bridgehead atoms.